The van der Waals surface area contributed by atoms with Crippen molar-refractivity contribution in [1.82, 2.24) is 20.2 Å². The monoisotopic (exact) mass is 347 g/mol. The van der Waals surface area contributed by atoms with Crippen LogP contribution in [0.2, 0.25) is 0 Å². The number of carbonyl (C=O) groups excluding carboxylic acids is 1. The number of hydrogen-bond donors (Lipinski definition) is 2. The molecule has 7 heteroatoms. The number of fused-ring (bicyclic) bond motifs is 1. The molecule has 2 N–H and O–H groups in total. The third kappa shape index (κ3) is 3.31. The Bertz CT molecular complexity index is 1050. The second-order valence-corrected chi connectivity index (χ2v) is 6.19. The van der Waals surface area contributed by atoms with Gasteiger partial charge in [-0.15, -0.1) is 11.3 Å². The van der Waals surface area contributed by atoms with Crippen molar-refractivity contribution in [3.63, 3.8) is 0 Å². The fourth-order valence-electron chi connectivity index (χ4n) is 2.48. The average molecular weight is 347 g/mol. The largest absolute Gasteiger partial charge is 0.322 e. The van der Waals surface area contributed by atoms with E-state index < -0.39 is 0 Å². The van der Waals surface area contributed by atoms with Crippen molar-refractivity contribution in [1.29, 1.82) is 0 Å². The third-order valence-electron chi connectivity index (χ3n) is 3.67. The van der Waals surface area contributed by atoms with Gasteiger partial charge < -0.3 is 5.32 Å². The van der Waals surface area contributed by atoms with Crippen LogP contribution in [0.1, 0.15) is 5.56 Å². The number of anilines is 1. The summed E-state index contributed by atoms with van der Waals surface area (Å²) in [5.41, 5.74) is 6.20. The van der Waals surface area contributed by atoms with Crippen LogP contribution in [-0.4, -0.2) is 26.1 Å². The molecule has 0 saturated carbocycles. The van der Waals surface area contributed by atoms with Crippen LogP contribution in [-0.2, 0) is 4.79 Å². The maximum absolute atomic E-state index is 12.2. The van der Waals surface area contributed by atoms with E-state index in [1.54, 1.807) is 47.7 Å². The van der Waals surface area contributed by atoms with Crippen LogP contribution in [0.4, 0.5) is 5.69 Å². The Labute approximate surface area is 147 Å². The molecule has 0 fully saturated rings. The molecule has 0 atom stereocenters. The highest BCUT2D eigenvalue weighted by Gasteiger charge is 2.05. The predicted octanol–water partition coefficient (Wildman–Crippen LogP) is 3.73. The summed E-state index contributed by atoms with van der Waals surface area (Å²) in [4.78, 5) is 20.6. The molecule has 0 bridgehead atoms. The van der Waals surface area contributed by atoms with Crippen molar-refractivity contribution in [3.8, 4) is 11.1 Å². The second kappa shape index (κ2) is 6.66. The minimum Gasteiger partial charge on any atom is -0.322 e. The maximum Gasteiger partial charge on any atom is 0.248 e. The summed E-state index contributed by atoms with van der Waals surface area (Å²) in [6.45, 7) is 0. The summed E-state index contributed by atoms with van der Waals surface area (Å²) < 4.78 is 1.04. The molecule has 0 saturated heterocycles. The first-order valence-corrected chi connectivity index (χ1v) is 8.43. The first kappa shape index (κ1) is 15.2. The van der Waals surface area contributed by atoms with Gasteiger partial charge in [0, 0.05) is 41.5 Å². The quantitative estimate of drug-likeness (QED) is 0.551. The maximum atomic E-state index is 12.2. The Kier molecular flexibility index (Phi) is 4.05. The molecule has 0 spiro atoms. The van der Waals surface area contributed by atoms with Crippen molar-refractivity contribution in [2.24, 2.45) is 0 Å². The minimum absolute atomic E-state index is 0.203. The van der Waals surface area contributed by atoms with E-state index >= 15 is 0 Å². The Morgan fingerprint density at radius 2 is 2.20 bits per heavy atom. The molecule has 3 heterocycles. The van der Waals surface area contributed by atoms with Gasteiger partial charge in [-0.05, 0) is 35.9 Å². The Balaban J connectivity index is 1.53. The topological polar surface area (TPSA) is 83.6 Å². The van der Waals surface area contributed by atoms with Gasteiger partial charge in [0.2, 0.25) is 5.91 Å². The smallest absolute Gasteiger partial charge is 0.248 e. The average Bonchev–Trinajstić information content (AvgIpc) is 3.31. The van der Waals surface area contributed by atoms with E-state index in [1.165, 1.54) is 6.08 Å². The van der Waals surface area contributed by atoms with E-state index in [2.05, 4.69) is 25.5 Å². The Hall–Kier alpha value is -3.32. The van der Waals surface area contributed by atoms with Crippen molar-refractivity contribution in [3.05, 3.63) is 66.2 Å². The number of carbonyl (C=O) groups is 1. The number of rotatable bonds is 4. The number of nitrogens with one attached hydrogen (secondary N) is 2. The molecule has 6 nitrogen and oxygen atoms in total. The Morgan fingerprint density at radius 1 is 1.24 bits per heavy atom. The van der Waals surface area contributed by atoms with E-state index in [0.29, 0.717) is 0 Å². The van der Waals surface area contributed by atoms with Crippen molar-refractivity contribution < 1.29 is 4.79 Å². The molecule has 25 heavy (non-hydrogen) atoms. The molecule has 0 aliphatic carbocycles. The molecule has 4 aromatic rings. The number of amides is 1. The molecular weight excluding hydrogens is 334 g/mol. The van der Waals surface area contributed by atoms with E-state index in [9.17, 15) is 4.79 Å². The lowest BCUT2D eigenvalue weighted by atomic mass is 10.0. The van der Waals surface area contributed by atoms with Gasteiger partial charge in [0.05, 0.1) is 21.9 Å². The predicted molar refractivity (Wildman–Crippen MR) is 99.1 cm³/mol. The van der Waals surface area contributed by atoms with Gasteiger partial charge in [-0.3, -0.25) is 14.9 Å². The van der Waals surface area contributed by atoms with Crippen LogP contribution in [0.3, 0.4) is 0 Å². The number of aromatic amines is 1. The van der Waals surface area contributed by atoms with Crippen molar-refractivity contribution in [2.75, 3.05) is 5.32 Å². The summed E-state index contributed by atoms with van der Waals surface area (Å²) in [5.74, 6) is -0.203. The highest BCUT2D eigenvalue weighted by atomic mass is 32.1. The fraction of sp³-hybridized carbons (Fsp3) is 0. The van der Waals surface area contributed by atoms with E-state index in [-0.39, 0.29) is 5.91 Å². The van der Waals surface area contributed by atoms with Gasteiger partial charge >= 0.3 is 0 Å². The van der Waals surface area contributed by atoms with Crippen LogP contribution in [0.5, 0.6) is 0 Å². The van der Waals surface area contributed by atoms with Gasteiger partial charge in [-0.25, -0.2) is 4.98 Å². The Morgan fingerprint density at radius 3 is 3.08 bits per heavy atom. The number of nitrogens with zero attached hydrogens (tertiary/aromatic N) is 3. The van der Waals surface area contributed by atoms with Crippen LogP contribution in [0.15, 0.2) is 60.6 Å². The van der Waals surface area contributed by atoms with Crippen LogP contribution in [0.25, 0.3) is 27.4 Å². The second-order valence-electron chi connectivity index (χ2n) is 5.31. The zero-order chi connectivity index (χ0) is 17.1. The lowest BCUT2D eigenvalue weighted by molar-refractivity contribution is -0.111. The molecular formula is C18H13N5OS. The molecule has 0 aliphatic rings. The zero-order valence-electron chi connectivity index (χ0n) is 13.0. The van der Waals surface area contributed by atoms with Crippen molar-refractivity contribution >= 4 is 39.2 Å². The molecule has 0 unspecified atom stereocenters. The molecule has 0 aliphatic heterocycles. The molecule has 3 aromatic heterocycles. The number of aromatic nitrogens is 4. The summed E-state index contributed by atoms with van der Waals surface area (Å²) >= 11 is 1.54. The molecule has 4 rings (SSSR count). The zero-order valence-corrected chi connectivity index (χ0v) is 13.8. The summed E-state index contributed by atoms with van der Waals surface area (Å²) in [7, 11) is 0. The number of benzene rings is 1. The lowest BCUT2D eigenvalue weighted by Crippen LogP contribution is -2.07. The summed E-state index contributed by atoms with van der Waals surface area (Å²) in [6.07, 6.45) is 10.2. The minimum atomic E-state index is -0.203. The molecule has 0 radical (unpaired) electrons. The van der Waals surface area contributed by atoms with Gasteiger partial charge in [0.15, 0.2) is 0 Å². The van der Waals surface area contributed by atoms with Gasteiger partial charge in [0.25, 0.3) is 0 Å². The number of H-pyrrole nitrogens is 1. The fourth-order valence-corrected chi connectivity index (χ4v) is 3.20. The molecule has 122 valence electrons. The number of thiazole rings is 1. The standard InChI is InChI=1S/C18H13N5OS/c24-18(23-14-2-3-16-17(7-14)25-11-20-16)4-1-12-8-19-6-5-15(12)13-9-21-22-10-13/h1-11H,(H,21,22)(H,23,24)/b4-1+. The summed E-state index contributed by atoms with van der Waals surface area (Å²) in [5, 5.41) is 9.61. The van der Waals surface area contributed by atoms with Crippen LogP contribution < -0.4 is 5.32 Å². The van der Waals surface area contributed by atoms with Gasteiger partial charge in [0.1, 0.15) is 0 Å². The third-order valence-corrected chi connectivity index (χ3v) is 4.47. The van der Waals surface area contributed by atoms with Gasteiger partial charge in [-0.2, -0.15) is 5.10 Å². The first-order valence-electron chi connectivity index (χ1n) is 7.55. The number of hydrogen-bond acceptors (Lipinski definition) is 5. The molecule has 1 aromatic carbocycles. The highest BCUT2D eigenvalue weighted by Crippen LogP contribution is 2.23. The van der Waals surface area contributed by atoms with Crippen LogP contribution >= 0.6 is 11.3 Å². The van der Waals surface area contributed by atoms with Crippen LogP contribution in [0, 0.1) is 0 Å². The van der Waals surface area contributed by atoms with Gasteiger partial charge in [-0.1, -0.05) is 0 Å². The number of pyridine rings is 1. The van der Waals surface area contributed by atoms with Crippen molar-refractivity contribution in [2.45, 2.75) is 0 Å². The molecule has 1 amide bonds. The first-order chi connectivity index (χ1) is 12.3. The van der Waals surface area contributed by atoms with E-state index in [0.717, 1.165) is 32.6 Å². The normalized spacial score (nSPS) is 11.2. The van der Waals surface area contributed by atoms with E-state index in [1.807, 2.05) is 24.3 Å². The van der Waals surface area contributed by atoms with E-state index in [4.69, 9.17) is 0 Å². The SMILES string of the molecule is O=C(/C=C/c1cnccc1-c1cn[nH]c1)Nc1ccc2ncsc2c1. The summed E-state index contributed by atoms with van der Waals surface area (Å²) in [6, 6.07) is 7.54. The highest BCUT2D eigenvalue weighted by molar-refractivity contribution is 7.16. The lowest BCUT2D eigenvalue weighted by Gasteiger charge is -2.03.